The molecule has 16 heavy (non-hydrogen) atoms. The second-order valence-corrected chi connectivity index (χ2v) is 5.06. The van der Waals surface area contributed by atoms with Gasteiger partial charge in [-0.1, -0.05) is 20.3 Å². The summed E-state index contributed by atoms with van der Waals surface area (Å²) in [6.07, 6.45) is 1.27. The minimum absolute atomic E-state index is 0.114. The summed E-state index contributed by atoms with van der Waals surface area (Å²) in [5.74, 6) is 1.81. The summed E-state index contributed by atoms with van der Waals surface area (Å²) < 4.78 is 9.75. The quantitative estimate of drug-likeness (QED) is 0.806. The molecular formula is C11H21N3OS. The number of ether oxygens (including phenoxy) is 1. The Bertz CT molecular complexity index is 325. The zero-order chi connectivity index (χ0) is 12.1. The van der Waals surface area contributed by atoms with Crippen molar-refractivity contribution in [3.8, 4) is 5.75 Å². The highest BCUT2D eigenvalue weighted by atomic mass is 32.1. The van der Waals surface area contributed by atoms with Crippen LogP contribution in [0.4, 0.5) is 10.8 Å². The van der Waals surface area contributed by atoms with Gasteiger partial charge < -0.3 is 15.8 Å². The third kappa shape index (κ3) is 3.56. The molecule has 3 N–H and O–H groups in total. The third-order valence-electron chi connectivity index (χ3n) is 2.34. The Kier molecular flexibility index (Phi) is 4.86. The van der Waals surface area contributed by atoms with Gasteiger partial charge in [-0.2, -0.15) is 4.37 Å². The zero-order valence-corrected chi connectivity index (χ0v) is 11.2. The molecule has 0 aliphatic heterocycles. The summed E-state index contributed by atoms with van der Waals surface area (Å²) in [4.78, 5) is 0. The molecule has 0 aliphatic carbocycles. The summed E-state index contributed by atoms with van der Waals surface area (Å²) >= 11 is 1.36. The lowest BCUT2D eigenvalue weighted by molar-refractivity contribution is 0.245. The summed E-state index contributed by atoms with van der Waals surface area (Å²) in [6.45, 7) is 9.27. The Morgan fingerprint density at radius 1 is 1.44 bits per heavy atom. The fourth-order valence-electron chi connectivity index (χ4n) is 1.17. The number of nitrogens with one attached hydrogen (secondary N) is 1. The van der Waals surface area contributed by atoms with Crippen LogP contribution in [0.1, 0.15) is 34.1 Å². The van der Waals surface area contributed by atoms with E-state index in [4.69, 9.17) is 10.5 Å². The number of nitrogens with two attached hydrogens (primary N) is 1. The van der Waals surface area contributed by atoms with Crippen molar-refractivity contribution in [2.75, 3.05) is 17.6 Å². The predicted octanol–water partition coefficient (Wildman–Crippen LogP) is 2.97. The highest BCUT2D eigenvalue weighted by Crippen LogP contribution is 2.35. The summed E-state index contributed by atoms with van der Waals surface area (Å²) in [7, 11) is 0. The molecule has 0 saturated heterocycles. The van der Waals surface area contributed by atoms with Gasteiger partial charge in [0.2, 0.25) is 0 Å². The molecule has 4 nitrogen and oxygen atoms in total. The van der Waals surface area contributed by atoms with Crippen molar-refractivity contribution < 1.29 is 4.74 Å². The Labute approximate surface area is 101 Å². The molecule has 1 unspecified atom stereocenters. The van der Waals surface area contributed by atoms with Gasteiger partial charge in [-0.15, -0.1) is 0 Å². The van der Waals surface area contributed by atoms with Crippen LogP contribution in [0.25, 0.3) is 0 Å². The smallest absolute Gasteiger partial charge is 0.197 e. The summed E-state index contributed by atoms with van der Waals surface area (Å²) in [5.41, 5.74) is 5.76. The highest BCUT2D eigenvalue weighted by Gasteiger charge is 2.14. The van der Waals surface area contributed by atoms with E-state index in [1.165, 1.54) is 11.5 Å². The van der Waals surface area contributed by atoms with Gasteiger partial charge in [0.15, 0.2) is 16.6 Å². The standard InChI is InChI=1S/C11H21N3OS/c1-5-8(4)6-13-11-9(15-7(2)3)10(12)14-16-11/h7-8,13H,5-6H2,1-4H3,(H2,12,14). The fraction of sp³-hybridized carbons (Fsp3) is 0.727. The first-order valence-corrected chi connectivity index (χ1v) is 6.47. The first-order valence-electron chi connectivity index (χ1n) is 5.70. The molecule has 0 fully saturated rings. The van der Waals surface area contributed by atoms with Crippen molar-refractivity contribution in [3.05, 3.63) is 0 Å². The summed E-state index contributed by atoms with van der Waals surface area (Å²) in [6, 6.07) is 0. The molecule has 1 atom stereocenters. The Balaban J connectivity index is 2.65. The molecule has 1 aromatic rings. The number of anilines is 2. The lowest BCUT2D eigenvalue weighted by Crippen LogP contribution is -2.12. The van der Waals surface area contributed by atoms with Gasteiger partial charge in [-0.3, -0.25) is 0 Å². The molecule has 1 heterocycles. The number of nitrogen functional groups attached to an aromatic ring is 1. The van der Waals surface area contributed by atoms with Crippen molar-refractivity contribution in [1.82, 2.24) is 4.37 Å². The van der Waals surface area contributed by atoms with E-state index in [2.05, 4.69) is 23.5 Å². The van der Waals surface area contributed by atoms with Crippen molar-refractivity contribution in [3.63, 3.8) is 0 Å². The van der Waals surface area contributed by atoms with Crippen molar-refractivity contribution in [2.45, 2.75) is 40.2 Å². The Hall–Kier alpha value is -0.970. The van der Waals surface area contributed by atoms with Crippen LogP contribution in [0, 0.1) is 5.92 Å². The first kappa shape index (κ1) is 13.1. The van der Waals surface area contributed by atoms with Crippen molar-refractivity contribution in [1.29, 1.82) is 0 Å². The molecule has 0 bridgehead atoms. The van der Waals surface area contributed by atoms with Crippen LogP contribution in [0.5, 0.6) is 5.75 Å². The van der Waals surface area contributed by atoms with Gasteiger partial charge >= 0.3 is 0 Å². The van der Waals surface area contributed by atoms with E-state index in [0.29, 0.717) is 17.5 Å². The van der Waals surface area contributed by atoms with E-state index in [1.54, 1.807) is 0 Å². The molecule has 92 valence electrons. The molecule has 0 radical (unpaired) electrons. The number of rotatable bonds is 6. The van der Waals surface area contributed by atoms with E-state index in [-0.39, 0.29) is 6.10 Å². The maximum Gasteiger partial charge on any atom is 0.197 e. The monoisotopic (exact) mass is 243 g/mol. The van der Waals surface area contributed by atoms with Gasteiger partial charge in [0.1, 0.15) is 0 Å². The minimum Gasteiger partial charge on any atom is -0.484 e. The van der Waals surface area contributed by atoms with Crippen LogP contribution in [0.15, 0.2) is 0 Å². The average molecular weight is 243 g/mol. The van der Waals surface area contributed by atoms with Crippen LogP contribution in [0.2, 0.25) is 0 Å². The van der Waals surface area contributed by atoms with Crippen molar-refractivity contribution in [2.24, 2.45) is 5.92 Å². The Morgan fingerprint density at radius 3 is 2.69 bits per heavy atom. The van der Waals surface area contributed by atoms with E-state index in [0.717, 1.165) is 18.0 Å². The maximum absolute atomic E-state index is 5.76. The van der Waals surface area contributed by atoms with Gasteiger partial charge in [0.25, 0.3) is 0 Å². The molecule has 5 heteroatoms. The van der Waals surface area contributed by atoms with E-state index in [1.807, 2.05) is 13.8 Å². The van der Waals surface area contributed by atoms with Crippen LogP contribution >= 0.6 is 11.5 Å². The third-order valence-corrected chi connectivity index (χ3v) is 3.14. The molecule has 0 aromatic carbocycles. The normalized spacial score (nSPS) is 12.8. The number of nitrogens with zero attached hydrogens (tertiary/aromatic N) is 1. The molecule has 1 aromatic heterocycles. The average Bonchev–Trinajstić information content (AvgIpc) is 2.56. The van der Waals surface area contributed by atoms with Gasteiger partial charge in [-0.25, -0.2) is 0 Å². The predicted molar refractivity (Wildman–Crippen MR) is 70.2 cm³/mol. The number of aromatic nitrogens is 1. The first-order chi connectivity index (χ1) is 7.54. The van der Waals surface area contributed by atoms with Crippen LogP contribution in [-0.4, -0.2) is 17.0 Å². The van der Waals surface area contributed by atoms with Crippen molar-refractivity contribution >= 4 is 22.4 Å². The number of hydrogen-bond acceptors (Lipinski definition) is 5. The largest absolute Gasteiger partial charge is 0.484 e. The number of hydrogen-bond donors (Lipinski definition) is 2. The van der Waals surface area contributed by atoms with Crippen LogP contribution in [0.3, 0.4) is 0 Å². The second kappa shape index (κ2) is 5.94. The molecule has 1 rings (SSSR count). The van der Waals surface area contributed by atoms with Gasteiger partial charge in [0.05, 0.1) is 6.10 Å². The van der Waals surface area contributed by atoms with Crippen LogP contribution in [-0.2, 0) is 0 Å². The minimum atomic E-state index is 0.114. The summed E-state index contributed by atoms with van der Waals surface area (Å²) in [5, 5.41) is 4.28. The Morgan fingerprint density at radius 2 is 2.12 bits per heavy atom. The fourth-order valence-corrected chi connectivity index (χ4v) is 1.82. The highest BCUT2D eigenvalue weighted by molar-refractivity contribution is 7.11. The lowest BCUT2D eigenvalue weighted by atomic mass is 10.1. The molecule has 0 saturated carbocycles. The zero-order valence-electron chi connectivity index (χ0n) is 10.4. The van der Waals surface area contributed by atoms with Crippen LogP contribution < -0.4 is 15.8 Å². The maximum atomic E-state index is 5.76. The van der Waals surface area contributed by atoms with E-state index in [9.17, 15) is 0 Å². The lowest BCUT2D eigenvalue weighted by Gasteiger charge is -2.13. The van der Waals surface area contributed by atoms with Gasteiger partial charge in [-0.05, 0) is 31.3 Å². The SMILES string of the molecule is CCC(C)CNc1snc(N)c1OC(C)C. The topological polar surface area (TPSA) is 60.2 Å². The molecule has 0 amide bonds. The van der Waals surface area contributed by atoms with E-state index < -0.39 is 0 Å². The molecule has 0 spiro atoms. The van der Waals surface area contributed by atoms with E-state index >= 15 is 0 Å². The van der Waals surface area contributed by atoms with Gasteiger partial charge in [0, 0.05) is 6.54 Å². The molecular weight excluding hydrogens is 222 g/mol. The second-order valence-electron chi connectivity index (χ2n) is 4.29. The molecule has 0 aliphatic rings.